The number of benzene rings is 1. The van der Waals surface area contributed by atoms with Crippen molar-refractivity contribution in [3.05, 3.63) is 71.2 Å². The number of hydrogen-bond acceptors (Lipinski definition) is 5. The zero-order valence-electron chi connectivity index (χ0n) is 12.0. The minimum absolute atomic E-state index is 0.0559. The van der Waals surface area contributed by atoms with Crippen LogP contribution in [0.25, 0.3) is 0 Å². The van der Waals surface area contributed by atoms with Crippen LogP contribution in [0, 0.1) is 12.7 Å². The fourth-order valence-electron chi connectivity index (χ4n) is 2.13. The van der Waals surface area contributed by atoms with Gasteiger partial charge in [0.2, 0.25) is 0 Å². The Morgan fingerprint density at radius 2 is 2.04 bits per heavy atom. The highest BCUT2D eigenvalue weighted by atomic mass is 19.1. The average Bonchev–Trinajstić information content (AvgIpc) is 3.17. The summed E-state index contributed by atoms with van der Waals surface area (Å²) in [6.07, 6.45) is 3.78. The number of aryl methyl sites for hydroxylation is 1. The van der Waals surface area contributed by atoms with Gasteiger partial charge in [-0.3, -0.25) is 9.59 Å². The van der Waals surface area contributed by atoms with Crippen LogP contribution >= 0.6 is 0 Å². The van der Waals surface area contributed by atoms with Crippen LogP contribution in [0.1, 0.15) is 32.0 Å². The third-order valence-electron chi connectivity index (χ3n) is 3.35. The molecule has 0 saturated carbocycles. The van der Waals surface area contributed by atoms with E-state index in [-0.39, 0.29) is 16.9 Å². The van der Waals surface area contributed by atoms with Crippen LogP contribution < -0.4 is 0 Å². The molecule has 2 heterocycles. The number of aromatic hydroxyl groups is 1. The molecule has 0 unspecified atom stereocenters. The number of phenols is 1. The first-order valence-electron chi connectivity index (χ1n) is 6.64. The minimum atomic E-state index is -0.649. The number of furan rings is 1. The number of halogens is 1. The van der Waals surface area contributed by atoms with Crippen molar-refractivity contribution in [1.82, 2.24) is 9.78 Å². The molecule has 3 rings (SSSR count). The molecule has 0 fully saturated rings. The molecule has 0 bridgehead atoms. The van der Waals surface area contributed by atoms with Crippen molar-refractivity contribution < 1.29 is 23.5 Å². The van der Waals surface area contributed by atoms with Crippen LogP contribution in [0.3, 0.4) is 0 Å². The summed E-state index contributed by atoms with van der Waals surface area (Å²) in [6, 6.07) is 4.56. The number of rotatable bonds is 3. The van der Waals surface area contributed by atoms with E-state index in [9.17, 15) is 19.1 Å². The summed E-state index contributed by atoms with van der Waals surface area (Å²) in [7, 11) is 0. The number of aromatic nitrogens is 2. The Bertz CT molecular complexity index is 910. The van der Waals surface area contributed by atoms with Gasteiger partial charge in [0, 0.05) is 6.20 Å². The Balaban J connectivity index is 1.93. The minimum Gasteiger partial charge on any atom is -0.507 e. The molecule has 116 valence electrons. The molecule has 0 saturated heterocycles. The predicted molar refractivity (Wildman–Crippen MR) is 76.9 cm³/mol. The third-order valence-corrected chi connectivity index (χ3v) is 3.35. The molecule has 3 aromatic rings. The molecule has 23 heavy (non-hydrogen) atoms. The van der Waals surface area contributed by atoms with Crippen molar-refractivity contribution in [2.45, 2.75) is 6.92 Å². The summed E-state index contributed by atoms with van der Waals surface area (Å²) in [5, 5.41) is 13.5. The van der Waals surface area contributed by atoms with Crippen molar-refractivity contribution in [3.63, 3.8) is 0 Å². The zero-order chi connectivity index (χ0) is 16.6. The van der Waals surface area contributed by atoms with E-state index in [4.69, 9.17) is 4.42 Å². The van der Waals surface area contributed by atoms with Crippen LogP contribution in [-0.4, -0.2) is 26.6 Å². The molecule has 0 amide bonds. The molecular formula is C16H11FN2O4. The van der Waals surface area contributed by atoms with Crippen molar-refractivity contribution in [3.8, 4) is 5.75 Å². The van der Waals surface area contributed by atoms with E-state index in [1.165, 1.54) is 24.7 Å². The maximum Gasteiger partial charge on any atom is 0.281 e. The first kappa shape index (κ1) is 14.7. The highest BCUT2D eigenvalue weighted by molar-refractivity contribution is 6.10. The molecule has 6 nitrogen and oxygen atoms in total. The predicted octanol–water partition coefficient (Wildman–Crippen LogP) is 2.55. The number of ketones is 1. The summed E-state index contributed by atoms with van der Waals surface area (Å²) in [4.78, 5) is 24.5. The fraction of sp³-hybridized carbons (Fsp3) is 0.0625. The highest BCUT2D eigenvalue weighted by Gasteiger charge is 2.20. The van der Waals surface area contributed by atoms with E-state index in [1.54, 1.807) is 6.92 Å². The molecule has 0 aliphatic rings. The summed E-state index contributed by atoms with van der Waals surface area (Å²) in [6.45, 7) is 1.63. The molecule has 0 radical (unpaired) electrons. The van der Waals surface area contributed by atoms with Gasteiger partial charge >= 0.3 is 0 Å². The first-order valence-corrected chi connectivity index (χ1v) is 6.64. The van der Waals surface area contributed by atoms with Crippen LogP contribution in [0.5, 0.6) is 5.75 Å². The second-order valence-electron chi connectivity index (χ2n) is 4.86. The van der Waals surface area contributed by atoms with Gasteiger partial charge in [0.05, 0.1) is 29.2 Å². The zero-order valence-corrected chi connectivity index (χ0v) is 12.0. The molecule has 0 atom stereocenters. The normalized spacial score (nSPS) is 10.7. The monoisotopic (exact) mass is 314 g/mol. The van der Waals surface area contributed by atoms with Crippen LogP contribution in [0.4, 0.5) is 4.39 Å². The molecule has 0 spiro atoms. The van der Waals surface area contributed by atoms with Crippen LogP contribution in [-0.2, 0) is 0 Å². The van der Waals surface area contributed by atoms with Gasteiger partial charge in [-0.25, -0.2) is 9.07 Å². The first-order chi connectivity index (χ1) is 11.0. The number of carbonyl (C=O) groups excluding carboxylic acids is 2. The molecule has 1 N–H and O–H groups in total. The van der Waals surface area contributed by atoms with Gasteiger partial charge in [0.1, 0.15) is 17.3 Å². The Hall–Kier alpha value is -3.22. The molecule has 1 aromatic carbocycles. The molecule has 0 aliphatic carbocycles. The van der Waals surface area contributed by atoms with Gasteiger partial charge < -0.3 is 9.52 Å². The Morgan fingerprint density at radius 1 is 1.26 bits per heavy atom. The highest BCUT2D eigenvalue weighted by Crippen LogP contribution is 2.21. The molecule has 7 heteroatoms. The maximum atomic E-state index is 13.2. The second kappa shape index (κ2) is 5.53. The Kier molecular flexibility index (Phi) is 3.53. The quantitative estimate of drug-likeness (QED) is 0.751. The van der Waals surface area contributed by atoms with E-state index >= 15 is 0 Å². The topological polar surface area (TPSA) is 85.3 Å². The summed E-state index contributed by atoms with van der Waals surface area (Å²) < 4.78 is 19.3. The van der Waals surface area contributed by atoms with E-state index in [0.717, 1.165) is 22.9 Å². The Morgan fingerprint density at radius 3 is 2.74 bits per heavy atom. The lowest BCUT2D eigenvalue weighted by molar-refractivity contribution is 0.0943. The van der Waals surface area contributed by atoms with E-state index in [1.807, 2.05) is 0 Å². The van der Waals surface area contributed by atoms with Crippen LogP contribution in [0.15, 0.2) is 47.3 Å². The standard InChI is InChI=1S/C16H11FN2O4/c1-9-12(4-5-23-9)16(22)19-8-10(7-18-19)15(21)13-6-11(17)2-3-14(13)20/h2-8,20H,1H3. The average molecular weight is 314 g/mol. The van der Waals surface area contributed by atoms with Gasteiger partial charge in [-0.2, -0.15) is 5.10 Å². The summed E-state index contributed by atoms with van der Waals surface area (Å²) in [5.41, 5.74) is 0.178. The van der Waals surface area contributed by atoms with Gasteiger partial charge in [0.15, 0.2) is 5.78 Å². The maximum absolute atomic E-state index is 13.2. The van der Waals surface area contributed by atoms with Crippen molar-refractivity contribution in [2.75, 3.05) is 0 Å². The Labute approximate surface area is 129 Å². The number of phenolic OH excluding ortho intramolecular Hbond substituents is 1. The fourth-order valence-corrected chi connectivity index (χ4v) is 2.13. The molecule has 2 aromatic heterocycles. The summed E-state index contributed by atoms with van der Waals surface area (Å²) >= 11 is 0. The molecular weight excluding hydrogens is 303 g/mol. The van der Waals surface area contributed by atoms with Gasteiger partial charge in [0.25, 0.3) is 5.91 Å². The van der Waals surface area contributed by atoms with Crippen molar-refractivity contribution in [2.24, 2.45) is 0 Å². The van der Waals surface area contributed by atoms with E-state index in [0.29, 0.717) is 11.3 Å². The van der Waals surface area contributed by atoms with E-state index < -0.39 is 17.5 Å². The lowest BCUT2D eigenvalue weighted by atomic mass is 10.1. The van der Waals surface area contributed by atoms with E-state index in [2.05, 4.69) is 5.10 Å². The second-order valence-corrected chi connectivity index (χ2v) is 4.86. The number of nitrogens with zero attached hydrogens (tertiary/aromatic N) is 2. The smallest absolute Gasteiger partial charge is 0.281 e. The summed E-state index contributed by atoms with van der Waals surface area (Å²) in [5.74, 6) is -1.66. The van der Waals surface area contributed by atoms with Crippen molar-refractivity contribution in [1.29, 1.82) is 0 Å². The largest absolute Gasteiger partial charge is 0.507 e. The van der Waals surface area contributed by atoms with Gasteiger partial charge in [-0.05, 0) is 31.2 Å². The lowest BCUT2D eigenvalue weighted by Gasteiger charge is -2.02. The molecule has 0 aliphatic heterocycles. The van der Waals surface area contributed by atoms with Crippen molar-refractivity contribution >= 4 is 11.7 Å². The van der Waals surface area contributed by atoms with Crippen LogP contribution in [0.2, 0.25) is 0 Å². The third kappa shape index (κ3) is 2.64. The number of carbonyl (C=O) groups is 2. The lowest BCUT2D eigenvalue weighted by Crippen LogP contribution is -2.12. The number of hydrogen-bond donors (Lipinski definition) is 1. The SMILES string of the molecule is Cc1occc1C(=O)n1cc(C(=O)c2cc(F)ccc2O)cn1. The van der Waals surface area contributed by atoms with Gasteiger partial charge in [-0.1, -0.05) is 0 Å². The van der Waals surface area contributed by atoms with Gasteiger partial charge in [-0.15, -0.1) is 0 Å².